The largest absolute Gasteiger partial charge is 0.355 e. The maximum absolute atomic E-state index is 13.7. The lowest BCUT2D eigenvalue weighted by Gasteiger charge is -2.07. The van der Waals surface area contributed by atoms with Crippen molar-refractivity contribution in [3.8, 4) is 0 Å². The van der Waals surface area contributed by atoms with Crippen molar-refractivity contribution >= 4 is 17.5 Å². The molecule has 130 valence electrons. The lowest BCUT2D eigenvalue weighted by atomic mass is 10.1. The maximum atomic E-state index is 13.7. The van der Waals surface area contributed by atoms with Crippen LogP contribution in [0.5, 0.6) is 0 Å². The summed E-state index contributed by atoms with van der Waals surface area (Å²) in [6, 6.07) is 7.00. The average Bonchev–Trinajstić information content (AvgIpc) is 3.36. The summed E-state index contributed by atoms with van der Waals surface area (Å²) >= 11 is 0. The molecule has 2 atom stereocenters. The molecule has 2 N–H and O–H groups in total. The van der Waals surface area contributed by atoms with Crippen molar-refractivity contribution < 1.29 is 18.4 Å². The second kappa shape index (κ2) is 7.38. The van der Waals surface area contributed by atoms with Gasteiger partial charge < -0.3 is 10.6 Å². The molecule has 0 saturated heterocycles. The minimum absolute atomic E-state index is 0.0296. The number of aromatic nitrogens is 1. The van der Waals surface area contributed by atoms with Crippen LogP contribution in [0.4, 0.5) is 14.5 Å². The second-order valence-electron chi connectivity index (χ2n) is 5.91. The zero-order valence-corrected chi connectivity index (χ0v) is 13.3. The van der Waals surface area contributed by atoms with Crippen molar-refractivity contribution in [2.24, 2.45) is 5.92 Å². The standard InChI is InChI=1S/C18H17F2N3O2/c19-14-2-1-3-15(20)17(14)12-10-13(12)18(25)22-9-6-16(24)23-11-4-7-21-8-5-11/h1-5,7-8,12-13H,6,9-10H2,(H,22,25)(H,21,23,24)/t12-,13-/m1/s1. The van der Waals surface area contributed by atoms with Gasteiger partial charge in [-0.05, 0) is 30.7 Å². The van der Waals surface area contributed by atoms with Crippen molar-refractivity contribution in [1.82, 2.24) is 10.3 Å². The Hall–Kier alpha value is -2.83. The first-order valence-electron chi connectivity index (χ1n) is 7.97. The zero-order chi connectivity index (χ0) is 17.8. The van der Waals surface area contributed by atoms with E-state index in [9.17, 15) is 18.4 Å². The summed E-state index contributed by atoms with van der Waals surface area (Å²) in [5.41, 5.74) is 0.599. The van der Waals surface area contributed by atoms with Gasteiger partial charge in [0.25, 0.3) is 0 Å². The Kier molecular flexibility index (Phi) is 5.02. The highest BCUT2D eigenvalue weighted by Crippen LogP contribution is 2.49. The van der Waals surface area contributed by atoms with Gasteiger partial charge in [0, 0.05) is 48.4 Å². The van der Waals surface area contributed by atoms with E-state index in [-0.39, 0.29) is 30.3 Å². The fourth-order valence-corrected chi connectivity index (χ4v) is 2.76. The van der Waals surface area contributed by atoms with E-state index in [2.05, 4.69) is 15.6 Å². The molecule has 7 heteroatoms. The second-order valence-corrected chi connectivity index (χ2v) is 5.91. The van der Waals surface area contributed by atoms with Crippen LogP contribution >= 0.6 is 0 Å². The van der Waals surface area contributed by atoms with Crippen LogP contribution in [0.3, 0.4) is 0 Å². The molecule has 0 bridgehead atoms. The molecule has 1 aliphatic carbocycles. The number of carbonyl (C=O) groups excluding carboxylic acids is 2. The van der Waals surface area contributed by atoms with Gasteiger partial charge in [0.2, 0.25) is 11.8 Å². The highest BCUT2D eigenvalue weighted by atomic mass is 19.1. The molecule has 0 radical (unpaired) electrons. The zero-order valence-electron chi connectivity index (χ0n) is 13.3. The molecule has 1 saturated carbocycles. The SMILES string of the molecule is O=C(CCNC(=O)[C@@H]1C[C@H]1c1c(F)cccc1F)Nc1ccncc1. The first-order chi connectivity index (χ1) is 12.1. The van der Waals surface area contributed by atoms with Gasteiger partial charge in [-0.3, -0.25) is 14.6 Å². The number of halogens is 2. The van der Waals surface area contributed by atoms with E-state index in [0.717, 1.165) is 0 Å². The summed E-state index contributed by atoms with van der Waals surface area (Å²) in [5.74, 6) is -2.67. The molecule has 0 unspecified atom stereocenters. The van der Waals surface area contributed by atoms with Crippen molar-refractivity contribution in [3.63, 3.8) is 0 Å². The lowest BCUT2D eigenvalue weighted by Crippen LogP contribution is -2.29. The normalized spacial score (nSPS) is 18.5. The van der Waals surface area contributed by atoms with E-state index in [1.807, 2.05) is 0 Å². The number of nitrogens with zero attached hydrogens (tertiary/aromatic N) is 1. The van der Waals surface area contributed by atoms with Gasteiger partial charge in [-0.25, -0.2) is 8.78 Å². The third-order valence-corrected chi connectivity index (χ3v) is 4.11. The molecule has 1 fully saturated rings. The van der Waals surface area contributed by atoms with Crippen molar-refractivity contribution in [3.05, 3.63) is 59.9 Å². The minimum Gasteiger partial charge on any atom is -0.355 e. The van der Waals surface area contributed by atoms with Crippen LogP contribution in [0.25, 0.3) is 0 Å². The fraction of sp³-hybridized carbons (Fsp3) is 0.278. The van der Waals surface area contributed by atoms with Gasteiger partial charge in [0.15, 0.2) is 0 Å². The Bertz CT molecular complexity index is 763. The number of rotatable bonds is 6. The Morgan fingerprint density at radius 2 is 1.80 bits per heavy atom. The van der Waals surface area contributed by atoms with E-state index < -0.39 is 23.5 Å². The van der Waals surface area contributed by atoms with Crippen LogP contribution < -0.4 is 10.6 Å². The highest BCUT2D eigenvalue weighted by molar-refractivity contribution is 5.91. The van der Waals surface area contributed by atoms with Gasteiger partial charge in [0.05, 0.1) is 0 Å². The summed E-state index contributed by atoms with van der Waals surface area (Å²) in [5, 5.41) is 5.32. The van der Waals surface area contributed by atoms with E-state index in [4.69, 9.17) is 0 Å². The summed E-state index contributed by atoms with van der Waals surface area (Å²) < 4.78 is 27.4. The van der Waals surface area contributed by atoms with E-state index >= 15 is 0 Å². The van der Waals surface area contributed by atoms with Gasteiger partial charge in [0.1, 0.15) is 11.6 Å². The molecular formula is C18H17F2N3O2. The summed E-state index contributed by atoms with van der Waals surface area (Å²) in [6.07, 6.45) is 3.64. The molecule has 1 aliphatic rings. The van der Waals surface area contributed by atoms with Crippen molar-refractivity contribution in [1.29, 1.82) is 0 Å². The third-order valence-electron chi connectivity index (χ3n) is 4.11. The monoisotopic (exact) mass is 345 g/mol. The Morgan fingerprint density at radius 3 is 2.48 bits per heavy atom. The Labute approximate surface area is 143 Å². The predicted molar refractivity (Wildman–Crippen MR) is 87.7 cm³/mol. The maximum Gasteiger partial charge on any atom is 0.226 e. The fourth-order valence-electron chi connectivity index (χ4n) is 2.76. The quantitative estimate of drug-likeness (QED) is 0.845. The minimum atomic E-state index is -0.628. The molecule has 1 heterocycles. The highest BCUT2D eigenvalue weighted by Gasteiger charge is 2.46. The van der Waals surface area contributed by atoms with E-state index in [1.54, 1.807) is 24.5 Å². The predicted octanol–water partition coefficient (Wildman–Crippen LogP) is 2.61. The van der Waals surface area contributed by atoms with Crippen LogP contribution in [-0.4, -0.2) is 23.3 Å². The summed E-state index contributed by atoms with van der Waals surface area (Å²) in [4.78, 5) is 27.7. The summed E-state index contributed by atoms with van der Waals surface area (Å²) in [6.45, 7) is 0.165. The molecule has 1 aromatic carbocycles. The number of amides is 2. The smallest absolute Gasteiger partial charge is 0.226 e. The van der Waals surface area contributed by atoms with Crippen molar-refractivity contribution in [2.75, 3.05) is 11.9 Å². The topological polar surface area (TPSA) is 71.1 Å². The van der Waals surface area contributed by atoms with Gasteiger partial charge in [-0.2, -0.15) is 0 Å². The molecule has 1 aromatic heterocycles. The molecule has 2 aromatic rings. The molecule has 3 rings (SSSR count). The van der Waals surface area contributed by atoms with Crippen LogP contribution in [0, 0.1) is 17.6 Å². The van der Waals surface area contributed by atoms with Gasteiger partial charge in [-0.15, -0.1) is 0 Å². The molecule has 0 spiro atoms. The molecule has 25 heavy (non-hydrogen) atoms. The molecule has 0 aliphatic heterocycles. The number of nitrogens with one attached hydrogen (secondary N) is 2. The Balaban J connectivity index is 1.44. The van der Waals surface area contributed by atoms with E-state index in [0.29, 0.717) is 12.1 Å². The van der Waals surface area contributed by atoms with Crippen molar-refractivity contribution in [2.45, 2.75) is 18.8 Å². The molecule has 2 amide bonds. The number of hydrogen-bond acceptors (Lipinski definition) is 3. The third kappa shape index (κ3) is 4.17. The number of carbonyl (C=O) groups is 2. The van der Waals surface area contributed by atoms with Crippen LogP contribution in [0.2, 0.25) is 0 Å². The Morgan fingerprint density at radius 1 is 1.12 bits per heavy atom. The van der Waals surface area contributed by atoms with Gasteiger partial charge >= 0.3 is 0 Å². The van der Waals surface area contributed by atoms with Gasteiger partial charge in [-0.1, -0.05) is 6.07 Å². The van der Waals surface area contributed by atoms with Crippen LogP contribution in [0.15, 0.2) is 42.7 Å². The molecular weight excluding hydrogens is 328 g/mol. The average molecular weight is 345 g/mol. The number of anilines is 1. The van der Waals surface area contributed by atoms with Crippen LogP contribution in [0.1, 0.15) is 24.3 Å². The first kappa shape index (κ1) is 17.0. The number of benzene rings is 1. The number of pyridine rings is 1. The molecule has 5 nitrogen and oxygen atoms in total. The number of hydrogen-bond donors (Lipinski definition) is 2. The summed E-state index contributed by atoms with van der Waals surface area (Å²) in [7, 11) is 0. The van der Waals surface area contributed by atoms with Crippen LogP contribution in [-0.2, 0) is 9.59 Å². The van der Waals surface area contributed by atoms with E-state index in [1.165, 1.54) is 18.2 Å². The first-order valence-corrected chi connectivity index (χ1v) is 7.97. The lowest BCUT2D eigenvalue weighted by molar-refractivity contribution is -0.122.